The van der Waals surface area contributed by atoms with Crippen LogP contribution in [0.4, 0.5) is 0 Å². The number of benzene rings is 1. The standard InChI is InChI=1S/C18H25NO/c1-5-9-19(4)10-8-18(3)13(2)17(19)11-14-6-7-15(20)12-16(14)18/h5-7,12-13,17H,1,8-11H2,2-4H3/p+1. The molecule has 1 aliphatic heterocycles. The molecule has 3 rings (SSSR count). The number of hydrogen-bond acceptors (Lipinski definition) is 1. The average molecular weight is 272 g/mol. The number of rotatable bonds is 2. The van der Waals surface area contributed by atoms with E-state index >= 15 is 0 Å². The molecular formula is C18H26NO+. The Hall–Kier alpha value is -1.28. The third-order valence-corrected chi connectivity index (χ3v) is 6.21. The van der Waals surface area contributed by atoms with Crippen LogP contribution < -0.4 is 0 Å². The largest absolute Gasteiger partial charge is 0.508 e. The summed E-state index contributed by atoms with van der Waals surface area (Å²) < 4.78 is 1.11. The lowest BCUT2D eigenvalue weighted by Crippen LogP contribution is -2.66. The lowest BCUT2D eigenvalue weighted by Gasteiger charge is -2.57. The zero-order valence-electron chi connectivity index (χ0n) is 12.9. The molecule has 1 aliphatic carbocycles. The van der Waals surface area contributed by atoms with Crippen LogP contribution >= 0.6 is 0 Å². The SMILES string of the molecule is C=CC[N+]1(C)CCC2(C)c3cc(O)ccc3CC1C2C. The van der Waals surface area contributed by atoms with Gasteiger partial charge in [-0.05, 0) is 29.3 Å². The molecule has 0 aromatic heterocycles. The molecule has 0 spiro atoms. The van der Waals surface area contributed by atoms with Crippen molar-refractivity contribution in [1.29, 1.82) is 0 Å². The summed E-state index contributed by atoms with van der Waals surface area (Å²) in [5.74, 6) is 1.04. The third kappa shape index (κ3) is 1.74. The molecule has 2 aliphatic rings. The summed E-state index contributed by atoms with van der Waals surface area (Å²) in [6.07, 6.45) is 4.38. The summed E-state index contributed by atoms with van der Waals surface area (Å²) >= 11 is 0. The van der Waals surface area contributed by atoms with E-state index < -0.39 is 0 Å². The molecule has 2 nitrogen and oxygen atoms in total. The van der Waals surface area contributed by atoms with Crippen molar-refractivity contribution in [1.82, 2.24) is 0 Å². The normalized spacial score (nSPS) is 39.1. The van der Waals surface area contributed by atoms with Crippen molar-refractivity contribution in [2.45, 2.75) is 38.1 Å². The van der Waals surface area contributed by atoms with Gasteiger partial charge < -0.3 is 9.59 Å². The second-order valence-electron chi connectivity index (χ2n) is 7.24. The van der Waals surface area contributed by atoms with Gasteiger partial charge in [-0.15, -0.1) is 0 Å². The van der Waals surface area contributed by atoms with Gasteiger partial charge in [-0.3, -0.25) is 0 Å². The molecule has 1 saturated heterocycles. The fourth-order valence-corrected chi connectivity index (χ4v) is 4.64. The van der Waals surface area contributed by atoms with E-state index in [-0.39, 0.29) is 5.41 Å². The van der Waals surface area contributed by atoms with Crippen LogP contribution in [0.3, 0.4) is 0 Å². The van der Waals surface area contributed by atoms with Crippen molar-refractivity contribution >= 4 is 0 Å². The average Bonchev–Trinajstić information content (AvgIpc) is 2.40. The predicted molar refractivity (Wildman–Crippen MR) is 82.8 cm³/mol. The first kappa shape index (κ1) is 13.7. The van der Waals surface area contributed by atoms with Crippen LogP contribution in [0.5, 0.6) is 5.75 Å². The van der Waals surface area contributed by atoms with Crippen LogP contribution in [0, 0.1) is 5.92 Å². The van der Waals surface area contributed by atoms with Gasteiger partial charge in [0.15, 0.2) is 0 Å². The Morgan fingerprint density at radius 3 is 2.95 bits per heavy atom. The molecular weight excluding hydrogens is 246 g/mol. The smallest absolute Gasteiger partial charge is 0.115 e. The van der Waals surface area contributed by atoms with E-state index in [9.17, 15) is 5.11 Å². The molecule has 1 N–H and O–H groups in total. The third-order valence-electron chi connectivity index (χ3n) is 6.21. The van der Waals surface area contributed by atoms with Gasteiger partial charge in [-0.2, -0.15) is 0 Å². The Morgan fingerprint density at radius 2 is 2.25 bits per heavy atom. The highest BCUT2D eigenvalue weighted by Gasteiger charge is 2.54. The maximum atomic E-state index is 9.86. The number of nitrogens with zero attached hydrogens (tertiary/aromatic N) is 1. The fraction of sp³-hybridized carbons (Fsp3) is 0.556. The van der Waals surface area contributed by atoms with E-state index in [2.05, 4.69) is 39.6 Å². The fourth-order valence-electron chi connectivity index (χ4n) is 4.64. The molecule has 1 fully saturated rings. The Balaban J connectivity index is 2.10. The first-order valence-electron chi connectivity index (χ1n) is 7.68. The van der Waals surface area contributed by atoms with Gasteiger partial charge in [0.2, 0.25) is 0 Å². The van der Waals surface area contributed by atoms with E-state index in [4.69, 9.17) is 0 Å². The summed E-state index contributed by atoms with van der Waals surface area (Å²) in [5.41, 5.74) is 3.02. The summed E-state index contributed by atoms with van der Waals surface area (Å²) in [6, 6.07) is 6.63. The maximum Gasteiger partial charge on any atom is 0.115 e. The minimum atomic E-state index is 0.204. The van der Waals surface area contributed by atoms with Gasteiger partial charge in [0, 0.05) is 24.2 Å². The van der Waals surface area contributed by atoms with Crippen molar-refractivity contribution in [2.24, 2.45) is 5.92 Å². The number of quaternary nitrogens is 1. The van der Waals surface area contributed by atoms with Gasteiger partial charge in [0.05, 0.1) is 26.2 Å². The van der Waals surface area contributed by atoms with Crippen molar-refractivity contribution in [3.63, 3.8) is 0 Å². The van der Waals surface area contributed by atoms with E-state index in [0.717, 1.165) is 17.4 Å². The molecule has 2 heteroatoms. The molecule has 4 unspecified atom stereocenters. The first-order valence-corrected chi connectivity index (χ1v) is 7.68. The molecule has 108 valence electrons. The Kier molecular flexibility index (Phi) is 2.98. The molecule has 4 atom stereocenters. The Labute approximate surface area is 122 Å². The molecule has 0 saturated carbocycles. The van der Waals surface area contributed by atoms with Crippen molar-refractivity contribution in [3.8, 4) is 5.75 Å². The summed E-state index contributed by atoms with van der Waals surface area (Å²) in [4.78, 5) is 0. The van der Waals surface area contributed by atoms with Gasteiger partial charge in [-0.25, -0.2) is 0 Å². The van der Waals surface area contributed by atoms with Crippen LogP contribution in [-0.4, -0.2) is 35.8 Å². The molecule has 20 heavy (non-hydrogen) atoms. The number of phenolic OH excluding ortho intramolecular Hbond substituents is 1. The van der Waals surface area contributed by atoms with Crippen molar-refractivity contribution < 1.29 is 9.59 Å². The van der Waals surface area contributed by atoms with E-state index in [0.29, 0.717) is 17.7 Å². The summed E-state index contributed by atoms with van der Waals surface area (Å²) in [7, 11) is 2.38. The highest BCUT2D eigenvalue weighted by Crippen LogP contribution is 2.51. The predicted octanol–water partition coefficient (Wildman–Crippen LogP) is 3.25. The topological polar surface area (TPSA) is 20.2 Å². The lowest BCUT2D eigenvalue weighted by atomic mass is 9.58. The molecule has 1 heterocycles. The molecule has 0 radical (unpaired) electrons. The number of piperidine rings is 1. The molecule has 1 aromatic rings. The lowest BCUT2D eigenvalue weighted by molar-refractivity contribution is -0.939. The quantitative estimate of drug-likeness (QED) is 0.647. The van der Waals surface area contributed by atoms with E-state index in [1.807, 2.05) is 12.1 Å². The minimum absolute atomic E-state index is 0.204. The van der Waals surface area contributed by atoms with Crippen LogP contribution in [-0.2, 0) is 11.8 Å². The van der Waals surface area contributed by atoms with Crippen molar-refractivity contribution in [3.05, 3.63) is 42.0 Å². The summed E-state index contributed by atoms with van der Waals surface area (Å²) in [5, 5.41) is 9.86. The number of hydrogen-bond donors (Lipinski definition) is 1. The van der Waals surface area contributed by atoms with E-state index in [1.54, 1.807) is 0 Å². The van der Waals surface area contributed by atoms with Crippen LogP contribution in [0.25, 0.3) is 0 Å². The maximum absolute atomic E-state index is 9.86. The monoisotopic (exact) mass is 272 g/mol. The zero-order chi connectivity index (χ0) is 14.5. The van der Waals surface area contributed by atoms with Crippen LogP contribution in [0.1, 0.15) is 31.4 Å². The minimum Gasteiger partial charge on any atom is -0.508 e. The number of fused-ring (bicyclic) bond motifs is 4. The molecule has 2 bridgehead atoms. The number of likely N-dealkylation sites (tertiary alicyclic amines) is 1. The number of aromatic hydroxyl groups is 1. The van der Waals surface area contributed by atoms with Gasteiger partial charge in [0.1, 0.15) is 5.75 Å². The number of phenols is 1. The second kappa shape index (κ2) is 4.36. The highest BCUT2D eigenvalue weighted by atomic mass is 16.3. The Morgan fingerprint density at radius 1 is 1.50 bits per heavy atom. The van der Waals surface area contributed by atoms with Gasteiger partial charge in [0.25, 0.3) is 0 Å². The van der Waals surface area contributed by atoms with Gasteiger partial charge in [-0.1, -0.05) is 26.5 Å². The molecule has 0 amide bonds. The van der Waals surface area contributed by atoms with E-state index in [1.165, 1.54) is 24.1 Å². The summed E-state index contributed by atoms with van der Waals surface area (Å²) in [6.45, 7) is 11.0. The first-order chi connectivity index (χ1) is 9.40. The second-order valence-corrected chi connectivity index (χ2v) is 7.24. The molecule has 1 aromatic carbocycles. The number of likely N-dealkylation sites (N-methyl/N-ethyl adjacent to an activating group) is 1. The van der Waals surface area contributed by atoms with Crippen LogP contribution in [0.2, 0.25) is 0 Å². The van der Waals surface area contributed by atoms with Crippen LogP contribution in [0.15, 0.2) is 30.9 Å². The Bertz CT molecular complexity index is 552. The zero-order valence-corrected chi connectivity index (χ0v) is 12.9. The highest BCUT2D eigenvalue weighted by molar-refractivity contribution is 5.43. The van der Waals surface area contributed by atoms with Crippen molar-refractivity contribution in [2.75, 3.05) is 20.1 Å². The van der Waals surface area contributed by atoms with Gasteiger partial charge >= 0.3 is 0 Å².